The third kappa shape index (κ3) is 8.71. The molecule has 1 unspecified atom stereocenters. The minimum absolute atomic E-state index is 0.0597. The van der Waals surface area contributed by atoms with E-state index in [0.717, 1.165) is 29.0 Å². The van der Waals surface area contributed by atoms with Gasteiger partial charge in [0.2, 0.25) is 21.8 Å². The maximum Gasteiger partial charge on any atom is 0.244 e. The Morgan fingerprint density at radius 3 is 2.27 bits per heavy atom. The fourth-order valence-electron chi connectivity index (χ4n) is 4.35. The highest BCUT2D eigenvalue weighted by Gasteiger charge is 2.33. The molecule has 1 atom stereocenters. The molecule has 0 heterocycles. The lowest BCUT2D eigenvalue weighted by Crippen LogP contribution is -2.53. The molecular weight excluding hydrogens is 569 g/mol. The molecule has 214 valence electrons. The predicted molar refractivity (Wildman–Crippen MR) is 162 cm³/mol. The van der Waals surface area contributed by atoms with Crippen LogP contribution in [0.25, 0.3) is 0 Å². The standard InChI is InChI=1S/C30H35Cl2N3O4S/c1-4-5-17-33-30(37)28(19-23-11-7-6-8-12-23)34(20-24-13-9-14-25(31)18-24)29(36)21-35(40(3,38)39)27-16-10-15-26(32)22(27)2/h6-16,18,28H,4-5,17,19-21H2,1-3H3,(H,33,37). The van der Waals surface area contributed by atoms with Crippen molar-refractivity contribution < 1.29 is 18.0 Å². The second-order valence-electron chi connectivity index (χ2n) is 9.66. The average Bonchev–Trinajstić information content (AvgIpc) is 2.91. The molecule has 0 bridgehead atoms. The number of rotatable bonds is 13. The fraction of sp³-hybridized carbons (Fsp3) is 0.333. The Hall–Kier alpha value is -3.07. The minimum Gasteiger partial charge on any atom is -0.354 e. The van der Waals surface area contributed by atoms with Gasteiger partial charge in [0.15, 0.2) is 0 Å². The number of benzene rings is 3. The van der Waals surface area contributed by atoms with Crippen LogP contribution in [0.15, 0.2) is 72.8 Å². The number of amides is 2. The molecule has 0 aliphatic heterocycles. The van der Waals surface area contributed by atoms with Crippen LogP contribution >= 0.6 is 23.2 Å². The molecule has 10 heteroatoms. The lowest BCUT2D eigenvalue weighted by atomic mass is 10.0. The predicted octanol–water partition coefficient (Wildman–Crippen LogP) is 5.62. The van der Waals surface area contributed by atoms with Gasteiger partial charge in [-0.2, -0.15) is 0 Å². The molecular formula is C30H35Cl2N3O4S. The third-order valence-electron chi connectivity index (χ3n) is 6.53. The molecule has 1 N–H and O–H groups in total. The number of unbranched alkanes of at least 4 members (excludes halogenated alkanes) is 1. The van der Waals surface area contributed by atoms with Crippen molar-refractivity contribution in [1.82, 2.24) is 10.2 Å². The molecule has 0 aromatic heterocycles. The summed E-state index contributed by atoms with van der Waals surface area (Å²) in [5, 5.41) is 3.83. The van der Waals surface area contributed by atoms with Gasteiger partial charge in [0.1, 0.15) is 12.6 Å². The van der Waals surface area contributed by atoms with E-state index in [0.29, 0.717) is 33.4 Å². The van der Waals surface area contributed by atoms with Gasteiger partial charge in [-0.3, -0.25) is 13.9 Å². The highest BCUT2D eigenvalue weighted by Crippen LogP contribution is 2.28. The van der Waals surface area contributed by atoms with Gasteiger partial charge in [0.25, 0.3) is 0 Å². The first-order valence-corrected chi connectivity index (χ1v) is 15.7. The van der Waals surface area contributed by atoms with Crippen molar-refractivity contribution in [3.05, 3.63) is 99.5 Å². The second-order valence-corrected chi connectivity index (χ2v) is 12.4. The van der Waals surface area contributed by atoms with Gasteiger partial charge in [0, 0.05) is 29.6 Å². The molecule has 3 aromatic carbocycles. The summed E-state index contributed by atoms with van der Waals surface area (Å²) in [5.41, 5.74) is 2.41. The van der Waals surface area contributed by atoms with Crippen molar-refractivity contribution in [3.8, 4) is 0 Å². The summed E-state index contributed by atoms with van der Waals surface area (Å²) >= 11 is 12.5. The molecule has 0 spiro atoms. The Morgan fingerprint density at radius 1 is 0.950 bits per heavy atom. The summed E-state index contributed by atoms with van der Waals surface area (Å²) in [6.07, 6.45) is 2.99. The molecule has 7 nitrogen and oxygen atoms in total. The SMILES string of the molecule is CCCCNC(=O)C(Cc1ccccc1)N(Cc1cccc(Cl)c1)C(=O)CN(c1cccc(Cl)c1C)S(C)(=O)=O. The summed E-state index contributed by atoms with van der Waals surface area (Å²) in [7, 11) is -3.88. The number of carbonyl (C=O) groups is 2. The number of nitrogens with one attached hydrogen (secondary N) is 1. The second kappa shape index (κ2) is 14.5. The molecule has 0 aliphatic carbocycles. The highest BCUT2D eigenvalue weighted by molar-refractivity contribution is 7.92. The Labute approximate surface area is 247 Å². The summed E-state index contributed by atoms with van der Waals surface area (Å²) in [4.78, 5) is 29.1. The van der Waals surface area contributed by atoms with E-state index in [2.05, 4.69) is 5.32 Å². The van der Waals surface area contributed by atoms with Crippen LogP contribution in [0.1, 0.15) is 36.5 Å². The zero-order valence-electron chi connectivity index (χ0n) is 22.9. The number of nitrogens with zero attached hydrogens (tertiary/aromatic N) is 2. The average molecular weight is 605 g/mol. The largest absolute Gasteiger partial charge is 0.354 e. The van der Waals surface area contributed by atoms with Crippen LogP contribution in [0.4, 0.5) is 5.69 Å². The number of anilines is 1. The minimum atomic E-state index is -3.88. The fourth-order valence-corrected chi connectivity index (χ4v) is 5.64. The third-order valence-corrected chi connectivity index (χ3v) is 8.30. The number of sulfonamides is 1. The Bertz CT molecular complexity index is 1420. The lowest BCUT2D eigenvalue weighted by molar-refractivity contribution is -0.140. The van der Waals surface area contributed by atoms with Gasteiger partial charge in [-0.15, -0.1) is 0 Å². The van der Waals surface area contributed by atoms with Crippen LogP contribution in [0.5, 0.6) is 0 Å². The zero-order chi connectivity index (χ0) is 29.3. The molecule has 40 heavy (non-hydrogen) atoms. The Kier molecular flexibility index (Phi) is 11.4. The van der Waals surface area contributed by atoms with E-state index >= 15 is 0 Å². The Morgan fingerprint density at radius 2 is 1.62 bits per heavy atom. The molecule has 0 saturated carbocycles. The van der Waals surface area contributed by atoms with E-state index in [1.807, 2.05) is 43.3 Å². The van der Waals surface area contributed by atoms with Crippen LogP contribution in [0.3, 0.4) is 0 Å². The molecule has 0 radical (unpaired) electrons. The summed E-state index contributed by atoms with van der Waals surface area (Å²) in [6, 6.07) is 20.5. The summed E-state index contributed by atoms with van der Waals surface area (Å²) < 4.78 is 26.9. The number of hydrogen-bond donors (Lipinski definition) is 1. The van der Waals surface area contributed by atoms with Crippen LogP contribution in [0, 0.1) is 6.92 Å². The van der Waals surface area contributed by atoms with Gasteiger partial charge >= 0.3 is 0 Å². The van der Waals surface area contributed by atoms with E-state index in [-0.39, 0.29) is 18.9 Å². The molecule has 0 saturated heterocycles. The van der Waals surface area contributed by atoms with Gasteiger partial charge in [-0.05, 0) is 54.3 Å². The van der Waals surface area contributed by atoms with Crippen LogP contribution < -0.4 is 9.62 Å². The van der Waals surface area contributed by atoms with E-state index in [4.69, 9.17) is 23.2 Å². The van der Waals surface area contributed by atoms with Crippen LogP contribution in [-0.2, 0) is 32.6 Å². The van der Waals surface area contributed by atoms with E-state index < -0.39 is 28.5 Å². The van der Waals surface area contributed by atoms with Crippen molar-refractivity contribution in [2.45, 2.75) is 45.7 Å². The maximum atomic E-state index is 14.1. The molecule has 2 amide bonds. The van der Waals surface area contributed by atoms with E-state index in [1.54, 1.807) is 43.3 Å². The number of hydrogen-bond acceptors (Lipinski definition) is 4. The quantitative estimate of drug-likeness (QED) is 0.257. The van der Waals surface area contributed by atoms with Gasteiger partial charge in [-0.1, -0.05) is 85.1 Å². The first kappa shape index (κ1) is 31.5. The van der Waals surface area contributed by atoms with Crippen molar-refractivity contribution >= 4 is 50.7 Å². The van der Waals surface area contributed by atoms with Crippen molar-refractivity contribution in [3.63, 3.8) is 0 Å². The summed E-state index contributed by atoms with van der Waals surface area (Å²) in [5.74, 6) is -0.839. The Balaban J connectivity index is 2.06. The lowest BCUT2D eigenvalue weighted by Gasteiger charge is -2.34. The first-order valence-electron chi connectivity index (χ1n) is 13.1. The van der Waals surface area contributed by atoms with Crippen molar-refractivity contribution in [2.24, 2.45) is 0 Å². The van der Waals surface area contributed by atoms with Crippen LogP contribution in [-0.4, -0.2) is 50.5 Å². The molecule has 0 fully saturated rings. The topological polar surface area (TPSA) is 86.8 Å². The van der Waals surface area contributed by atoms with Gasteiger partial charge in [0.05, 0.1) is 11.9 Å². The smallest absolute Gasteiger partial charge is 0.244 e. The maximum absolute atomic E-state index is 14.1. The zero-order valence-corrected chi connectivity index (χ0v) is 25.3. The number of carbonyl (C=O) groups excluding carboxylic acids is 2. The van der Waals surface area contributed by atoms with Gasteiger partial charge < -0.3 is 10.2 Å². The normalized spacial score (nSPS) is 12.0. The molecule has 3 aromatic rings. The molecule has 3 rings (SSSR count). The van der Waals surface area contributed by atoms with E-state index in [1.165, 1.54) is 4.90 Å². The number of halogens is 2. The van der Waals surface area contributed by atoms with Crippen molar-refractivity contribution in [2.75, 3.05) is 23.7 Å². The summed E-state index contributed by atoms with van der Waals surface area (Å²) in [6.45, 7) is 3.75. The van der Waals surface area contributed by atoms with Crippen LogP contribution in [0.2, 0.25) is 10.0 Å². The highest BCUT2D eigenvalue weighted by atomic mass is 35.5. The monoisotopic (exact) mass is 603 g/mol. The molecule has 0 aliphatic rings. The van der Waals surface area contributed by atoms with E-state index in [9.17, 15) is 18.0 Å². The van der Waals surface area contributed by atoms with Crippen molar-refractivity contribution in [1.29, 1.82) is 0 Å². The first-order chi connectivity index (χ1) is 19.0. The van der Waals surface area contributed by atoms with Gasteiger partial charge in [-0.25, -0.2) is 8.42 Å².